The maximum absolute atomic E-state index is 13.1. The van der Waals surface area contributed by atoms with Crippen LogP contribution in [0, 0.1) is 5.92 Å². The summed E-state index contributed by atoms with van der Waals surface area (Å²) in [7, 11) is 1.23. The monoisotopic (exact) mass is 344 g/mol. The summed E-state index contributed by atoms with van der Waals surface area (Å²) in [6, 6.07) is 0.138. The van der Waals surface area contributed by atoms with E-state index in [1.807, 2.05) is 11.9 Å². The number of hydrogen-bond donors (Lipinski definition) is 0. The van der Waals surface area contributed by atoms with Crippen LogP contribution in [-0.2, 0) is 20.3 Å². The maximum Gasteiger partial charge on any atom is 0.240 e. The third-order valence-electron chi connectivity index (χ3n) is 4.98. The second kappa shape index (κ2) is 8.08. The number of amides is 1. The zero-order chi connectivity index (χ0) is 17.1. The van der Waals surface area contributed by atoms with Crippen LogP contribution in [-0.4, -0.2) is 75.9 Å². The average molecular weight is 345 g/mol. The molecule has 0 unspecified atom stereocenters. The lowest BCUT2D eigenvalue weighted by Crippen LogP contribution is -2.58. The summed E-state index contributed by atoms with van der Waals surface area (Å²) in [6.45, 7) is 10.0. The number of carbonyl (C=O) groups is 1. The summed E-state index contributed by atoms with van der Waals surface area (Å²) in [5.74, 6) is 1.92. The Hall–Kier alpha value is -0.460. The van der Waals surface area contributed by atoms with E-state index in [-0.39, 0.29) is 36.1 Å². The van der Waals surface area contributed by atoms with E-state index in [1.54, 1.807) is 0 Å². The van der Waals surface area contributed by atoms with Crippen LogP contribution in [0.25, 0.3) is 0 Å². The van der Waals surface area contributed by atoms with E-state index in [2.05, 4.69) is 32.6 Å². The summed E-state index contributed by atoms with van der Waals surface area (Å²) < 4.78 is 17.4. The minimum absolute atomic E-state index is 0.0961. The van der Waals surface area contributed by atoms with Gasteiger partial charge in [-0.05, 0) is 32.6 Å². The summed E-state index contributed by atoms with van der Waals surface area (Å²) in [5.41, 5.74) is 0. The van der Waals surface area contributed by atoms with Crippen LogP contribution in [0.4, 0.5) is 0 Å². The van der Waals surface area contributed by atoms with Crippen LogP contribution in [0.2, 0.25) is 0 Å². The van der Waals surface area contributed by atoms with Crippen LogP contribution in [0.5, 0.6) is 0 Å². The second-order valence-corrected chi connectivity index (χ2v) is 9.12. The van der Waals surface area contributed by atoms with E-state index in [0.717, 1.165) is 37.4 Å². The number of likely N-dealkylation sites (N-methyl/N-ethyl adjacent to an activating group) is 1. The molecule has 2 aliphatic rings. The largest absolute Gasteiger partial charge is 0.373 e. The van der Waals surface area contributed by atoms with Gasteiger partial charge in [-0.25, -0.2) is 0 Å². The molecule has 3 atom stereocenters. The van der Waals surface area contributed by atoms with Gasteiger partial charge in [0, 0.05) is 48.5 Å². The Balaban J connectivity index is 2.07. The molecular weight excluding hydrogens is 312 g/mol. The van der Waals surface area contributed by atoms with E-state index in [4.69, 9.17) is 4.74 Å². The van der Waals surface area contributed by atoms with Crippen molar-refractivity contribution in [2.45, 2.75) is 64.8 Å². The molecule has 2 heterocycles. The van der Waals surface area contributed by atoms with Gasteiger partial charge >= 0.3 is 0 Å². The first-order valence-electron chi connectivity index (χ1n) is 8.80. The zero-order valence-corrected chi connectivity index (χ0v) is 16.0. The van der Waals surface area contributed by atoms with Gasteiger partial charge in [-0.15, -0.1) is 0 Å². The predicted octanol–water partition coefficient (Wildman–Crippen LogP) is 1.49. The predicted molar refractivity (Wildman–Crippen MR) is 93.9 cm³/mol. The Bertz CT molecular complexity index is 424. The molecule has 0 N–H and O–H groups in total. The zero-order valence-electron chi connectivity index (χ0n) is 15.2. The SMILES string of the molecule is CC(C)[C@@H](C(=O)N(C)C1CCS(=O)CC1)N1C[C@@H](C)O[C@@H](C)C1. The molecule has 2 fully saturated rings. The molecule has 0 spiro atoms. The Kier molecular flexibility index (Phi) is 6.63. The van der Waals surface area contributed by atoms with Gasteiger partial charge in [0.15, 0.2) is 0 Å². The molecule has 1 amide bonds. The summed E-state index contributed by atoms with van der Waals surface area (Å²) in [5, 5.41) is 0. The van der Waals surface area contributed by atoms with Gasteiger partial charge in [-0.2, -0.15) is 0 Å². The van der Waals surface area contributed by atoms with E-state index in [9.17, 15) is 9.00 Å². The smallest absolute Gasteiger partial charge is 0.240 e. The molecule has 2 aliphatic heterocycles. The highest BCUT2D eigenvalue weighted by Gasteiger charge is 2.37. The normalized spacial score (nSPS) is 34.3. The Labute approximate surface area is 143 Å². The van der Waals surface area contributed by atoms with Crippen molar-refractivity contribution < 1.29 is 13.7 Å². The van der Waals surface area contributed by atoms with Crippen molar-refractivity contribution in [1.82, 2.24) is 9.80 Å². The molecule has 0 aromatic rings. The highest BCUT2D eigenvalue weighted by molar-refractivity contribution is 7.85. The molecule has 0 saturated carbocycles. The molecule has 134 valence electrons. The van der Waals surface area contributed by atoms with E-state index < -0.39 is 10.8 Å². The minimum Gasteiger partial charge on any atom is -0.373 e. The van der Waals surface area contributed by atoms with Crippen molar-refractivity contribution in [2.24, 2.45) is 5.92 Å². The lowest BCUT2D eigenvalue weighted by Gasteiger charge is -2.43. The first kappa shape index (κ1) is 18.9. The van der Waals surface area contributed by atoms with Crippen LogP contribution < -0.4 is 0 Å². The van der Waals surface area contributed by atoms with Crippen molar-refractivity contribution in [3.63, 3.8) is 0 Å². The van der Waals surface area contributed by atoms with Gasteiger partial charge in [-0.3, -0.25) is 13.9 Å². The number of hydrogen-bond acceptors (Lipinski definition) is 4. The second-order valence-electron chi connectivity index (χ2n) is 7.43. The summed E-state index contributed by atoms with van der Waals surface area (Å²) in [6.07, 6.45) is 2.04. The fraction of sp³-hybridized carbons (Fsp3) is 0.941. The van der Waals surface area contributed by atoms with E-state index in [0.29, 0.717) is 0 Å². The fourth-order valence-electron chi connectivity index (χ4n) is 3.87. The Morgan fingerprint density at radius 2 is 1.70 bits per heavy atom. The molecule has 5 nitrogen and oxygen atoms in total. The first-order valence-corrected chi connectivity index (χ1v) is 10.3. The molecule has 0 radical (unpaired) electrons. The number of nitrogens with zero attached hydrogens (tertiary/aromatic N) is 2. The highest BCUT2D eigenvalue weighted by Crippen LogP contribution is 2.23. The third kappa shape index (κ3) is 4.77. The molecule has 0 aromatic heterocycles. The highest BCUT2D eigenvalue weighted by atomic mass is 32.2. The van der Waals surface area contributed by atoms with Crippen molar-refractivity contribution in [1.29, 1.82) is 0 Å². The van der Waals surface area contributed by atoms with Crippen molar-refractivity contribution in [3.05, 3.63) is 0 Å². The number of carbonyl (C=O) groups excluding carboxylic acids is 1. The van der Waals surface area contributed by atoms with E-state index >= 15 is 0 Å². The maximum atomic E-state index is 13.1. The van der Waals surface area contributed by atoms with Crippen molar-refractivity contribution in [2.75, 3.05) is 31.6 Å². The Morgan fingerprint density at radius 1 is 1.17 bits per heavy atom. The minimum atomic E-state index is -0.689. The lowest BCUT2D eigenvalue weighted by molar-refractivity contribution is -0.146. The summed E-state index contributed by atoms with van der Waals surface area (Å²) >= 11 is 0. The topological polar surface area (TPSA) is 49.9 Å². The molecule has 23 heavy (non-hydrogen) atoms. The third-order valence-corrected chi connectivity index (χ3v) is 6.36. The fourth-order valence-corrected chi connectivity index (χ4v) is 5.14. The lowest BCUT2D eigenvalue weighted by atomic mass is 9.98. The van der Waals surface area contributed by atoms with Gasteiger partial charge in [0.25, 0.3) is 0 Å². The molecule has 6 heteroatoms. The molecule has 0 bridgehead atoms. The Morgan fingerprint density at radius 3 is 2.17 bits per heavy atom. The van der Waals surface area contributed by atoms with Crippen LogP contribution in [0.1, 0.15) is 40.5 Å². The molecule has 0 aliphatic carbocycles. The van der Waals surface area contributed by atoms with Gasteiger partial charge in [0.1, 0.15) is 0 Å². The average Bonchev–Trinajstić information content (AvgIpc) is 2.46. The standard InChI is InChI=1S/C17H32N2O3S/c1-12(2)16(19-10-13(3)22-14(4)11-19)17(20)18(5)15-6-8-23(21)9-7-15/h12-16H,6-11H2,1-5H3/t13-,14+,15?,16-,23?/m0/s1. The van der Waals surface area contributed by atoms with Crippen molar-refractivity contribution in [3.8, 4) is 0 Å². The molecule has 2 saturated heterocycles. The van der Waals surface area contributed by atoms with Crippen molar-refractivity contribution >= 4 is 16.7 Å². The van der Waals surface area contributed by atoms with Gasteiger partial charge in [-0.1, -0.05) is 13.8 Å². The number of ether oxygens (including phenoxy) is 1. The van der Waals surface area contributed by atoms with Gasteiger partial charge in [0.2, 0.25) is 5.91 Å². The molecule has 0 aromatic carbocycles. The van der Waals surface area contributed by atoms with Crippen LogP contribution in [0.15, 0.2) is 0 Å². The van der Waals surface area contributed by atoms with E-state index in [1.165, 1.54) is 0 Å². The van der Waals surface area contributed by atoms with Crippen LogP contribution >= 0.6 is 0 Å². The van der Waals surface area contributed by atoms with Gasteiger partial charge in [0.05, 0.1) is 18.2 Å². The first-order chi connectivity index (χ1) is 10.8. The number of rotatable bonds is 4. The summed E-state index contributed by atoms with van der Waals surface area (Å²) in [4.78, 5) is 17.4. The molecule has 2 rings (SSSR count). The van der Waals surface area contributed by atoms with Crippen LogP contribution in [0.3, 0.4) is 0 Å². The van der Waals surface area contributed by atoms with Gasteiger partial charge < -0.3 is 9.64 Å². The number of morpholine rings is 1. The molecular formula is C17H32N2O3S. The quantitative estimate of drug-likeness (QED) is 0.775.